The van der Waals surface area contributed by atoms with Crippen LogP contribution in [0.4, 0.5) is 5.82 Å². The Hall–Kier alpha value is -2.10. The van der Waals surface area contributed by atoms with Gasteiger partial charge in [-0.25, -0.2) is 4.98 Å². The summed E-state index contributed by atoms with van der Waals surface area (Å²) in [4.78, 5) is 8.50. The second kappa shape index (κ2) is 4.18. The number of benzene rings is 1. The third kappa shape index (κ3) is 1.95. The minimum absolute atomic E-state index is 0.263. The highest BCUT2D eigenvalue weighted by Crippen LogP contribution is 2.24. The van der Waals surface area contributed by atoms with Crippen molar-refractivity contribution >= 4 is 5.82 Å². The second-order valence-corrected chi connectivity index (χ2v) is 3.54. The van der Waals surface area contributed by atoms with Crippen LogP contribution in [0.3, 0.4) is 0 Å². The number of hydrogen-bond acceptors (Lipinski definition) is 4. The number of anilines is 1. The van der Waals surface area contributed by atoms with E-state index >= 15 is 0 Å². The molecule has 2 aromatic rings. The van der Waals surface area contributed by atoms with Gasteiger partial charge in [-0.2, -0.15) is 0 Å². The Labute approximate surface area is 94.0 Å². The van der Waals surface area contributed by atoms with Crippen LogP contribution in [-0.2, 0) is 0 Å². The molecule has 0 saturated heterocycles. The highest BCUT2D eigenvalue weighted by atomic mass is 16.3. The Morgan fingerprint density at radius 3 is 2.75 bits per heavy atom. The lowest BCUT2D eigenvalue weighted by Crippen LogP contribution is -1.95. The number of phenols is 1. The number of phenolic OH excluding ortho intramolecular Hbond substituents is 1. The van der Waals surface area contributed by atoms with Gasteiger partial charge in [-0.1, -0.05) is 0 Å². The van der Waals surface area contributed by atoms with E-state index < -0.39 is 0 Å². The van der Waals surface area contributed by atoms with Crippen LogP contribution in [0.25, 0.3) is 11.3 Å². The molecule has 0 amide bonds. The van der Waals surface area contributed by atoms with Gasteiger partial charge in [-0.05, 0) is 30.7 Å². The van der Waals surface area contributed by atoms with Crippen LogP contribution >= 0.6 is 0 Å². The molecule has 4 heteroatoms. The van der Waals surface area contributed by atoms with Gasteiger partial charge in [-0.3, -0.25) is 4.98 Å². The zero-order valence-electron chi connectivity index (χ0n) is 9.23. The normalized spacial score (nSPS) is 10.1. The summed E-state index contributed by atoms with van der Waals surface area (Å²) in [6, 6.07) is 5.20. The number of hydrogen-bond donors (Lipinski definition) is 2. The maximum Gasteiger partial charge on any atom is 0.144 e. The van der Waals surface area contributed by atoms with Crippen molar-refractivity contribution in [2.75, 3.05) is 12.4 Å². The van der Waals surface area contributed by atoms with E-state index in [4.69, 9.17) is 0 Å². The van der Waals surface area contributed by atoms with Crippen LogP contribution in [0.15, 0.2) is 30.6 Å². The topological polar surface area (TPSA) is 58.0 Å². The fourth-order valence-electron chi connectivity index (χ4n) is 1.55. The van der Waals surface area contributed by atoms with Crippen molar-refractivity contribution in [2.24, 2.45) is 0 Å². The molecule has 0 atom stereocenters. The number of aryl methyl sites for hydroxylation is 1. The van der Waals surface area contributed by atoms with Gasteiger partial charge in [0.25, 0.3) is 0 Å². The van der Waals surface area contributed by atoms with Crippen LogP contribution in [0.1, 0.15) is 5.56 Å². The van der Waals surface area contributed by atoms with E-state index in [1.54, 1.807) is 31.6 Å². The van der Waals surface area contributed by atoms with Crippen LogP contribution < -0.4 is 5.32 Å². The summed E-state index contributed by atoms with van der Waals surface area (Å²) in [5.74, 6) is 0.990. The van der Waals surface area contributed by atoms with Crippen LogP contribution in [0.2, 0.25) is 0 Å². The number of nitrogens with one attached hydrogen (secondary N) is 1. The van der Waals surface area contributed by atoms with Crippen molar-refractivity contribution in [3.63, 3.8) is 0 Å². The molecule has 2 N–H and O–H groups in total. The van der Waals surface area contributed by atoms with Crippen molar-refractivity contribution in [1.82, 2.24) is 9.97 Å². The molecule has 16 heavy (non-hydrogen) atoms. The quantitative estimate of drug-likeness (QED) is 0.806. The molecule has 0 bridgehead atoms. The molecule has 1 heterocycles. The first-order chi connectivity index (χ1) is 7.70. The molecule has 1 aromatic carbocycles. The van der Waals surface area contributed by atoms with Crippen LogP contribution in [-0.4, -0.2) is 22.1 Å². The lowest BCUT2D eigenvalue weighted by Gasteiger charge is -2.06. The van der Waals surface area contributed by atoms with Gasteiger partial charge in [0.2, 0.25) is 0 Å². The molecule has 0 fully saturated rings. The number of nitrogens with zero attached hydrogens (tertiary/aromatic N) is 2. The fourth-order valence-corrected chi connectivity index (χ4v) is 1.55. The van der Waals surface area contributed by atoms with Crippen molar-refractivity contribution in [3.05, 3.63) is 36.2 Å². The minimum Gasteiger partial charge on any atom is -0.508 e. The van der Waals surface area contributed by atoms with E-state index in [2.05, 4.69) is 15.3 Å². The fraction of sp³-hybridized carbons (Fsp3) is 0.167. The van der Waals surface area contributed by atoms with Crippen molar-refractivity contribution in [2.45, 2.75) is 6.92 Å². The highest BCUT2D eigenvalue weighted by molar-refractivity contribution is 5.65. The standard InChI is InChI=1S/C12H13N3O/c1-8-5-9(16)3-4-10(8)11-6-14-7-12(13-2)15-11/h3-7,16H,1-2H3,(H,13,15). The van der Waals surface area contributed by atoms with Crippen molar-refractivity contribution < 1.29 is 5.11 Å². The van der Waals surface area contributed by atoms with Gasteiger partial charge < -0.3 is 10.4 Å². The SMILES string of the molecule is CNc1cncc(-c2ccc(O)cc2C)n1. The van der Waals surface area contributed by atoms with Gasteiger partial charge in [0.15, 0.2) is 0 Å². The molecule has 0 spiro atoms. The third-order valence-corrected chi connectivity index (χ3v) is 2.38. The lowest BCUT2D eigenvalue weighted by molar-refractivity contribution is 0.475. The summed E-state index contributed by atoms with van der Waals surface area (Å²) in [7, 11) is 1.80. The largest absolute Gasteiger partial charge is 0.508 e. The van der Waals surface area contributed by atoms with E-state index in [-0.39, 0.29) is 5.75 Å². The summed E-state index contributed by atoms with van der Waals surface area (Å²) in [6.45, 7) is 1.93. The first-order valence-electron chi connectivity index (χ1n) is 5.00. The van der Waals surface area contributed by atoms with Crippen molar-refractivity contribution in [3.8, 4) is 17.0 Å². The first-order valence-corrected chi connectivity index (χ1v) is 5.00. The molecular formula is C12H13N3O. The highest BCUT2D eigenvalue weighted by Gasteiger charge is 2.05. The van der Waals surface area contributed by atoms with Gasteiger partial charge in [0.1, 0.15) is 11.6 Å². The Kier molecular flexibility index (Phi) is 2.72. The summed E-state index contributed by atoms with van der Waals surface area (Å²) in [5.41, 5.74) is 2.74. The van der Waals surface area contributed by atoms with Gasteiger partial charge in [0.05, 0.1) is 18.1 Å². The smallest absolute Gasteiger partial charge is 0.144 e. The minimum atomic E-state index is 0.263. The summed E-state index contributed by atoms with van der Waals surface area (Å²) in [5, 5.41) is 12.3. The Balaban J connectivity index is 2.49. The number of aromatic hydroxyl groups is 1. The molecule has 0 aliphatic heterocycles. The maximum absolute atomic E-state index is 9.34. The molecule has 0 unspecified atom stereocenters. The molecule has 82 valence electrons. The molecule has 0 aliphatic rings. The molecule has 0 saturated carbocycles. The molecule has 4 nitrogen and oxygen atoms in total. The molecule has 0 radical (unpaired) electrons. The molecular weight excluding hydrogens is 202 g/mol. The monoisotopic (exact) mass is 215 g/mol. The van der Waals surface area contributed by atoms with Crippen LogP contribution in [0, 0.1) is 6.92 Å². The molecule has 1 aromatic heterocycles. The lowest BCUT2D eigenvalue weighted by atomic mass is 10.1. The summed E-state index contributed by atoms with van der Waals surface area (Å²) >= 11 is 0. The first kappa shape index (κ1) is 10.4. The molecule has 0 aliphatic carbocycles. The van der Waals surface area contributed by atoms with E-state index in [9.17, 15) is 5.11 Å². The summed E-state index contributed by atoms with van der Waals surface area (Å²) < 4.78 is 0. The van der Waals surface area contributed by atoms with E-state index in [1.165, 1.54) is 0 Å². The second-order valence-electron chi connectivity index (χ2n) is 3.54. The Bertz CT molecular complexity index is 511. The predicted molar refractivity (Wildman–Crippen MR) is 63.4 cm³/mol. The maximum atomic E-state index is 9.34. The zero-order chi connectivity index (χ0) is 11.5. The van der Waals surface area contributed by atoms with Crippen LogP contribution in [0.5, 0.6) is 5.75 Å². The van der Waals surface area contributed by atoms with Gasteiger partial charge in [-0.15, -0.1) is 0 Å². The van der Waals surface area contributed by atoms with Crippen molar-refractivity contribution in [1.29, 1.82) is 0 Å². The van der Waals surface area contributed by atoms with Gasteiger partial charge >= 0.3 is 0 Å². The Morgan fingerprint density at radius 1 is 1.25 bits per heavy atom. The number of aromatic nitrogens is 2. The average Bonchev–Trinajstić information content (AvgIpc) is 2.29. The Morgan fingerprint density at radius 2 is 2.06 bits per heavy atom. The predicted octanol–water partition coefficient (Wildman–Crippen LogP) is 2.20. The summed E-state index contributed by atoms with van der Waals surface area (Å²) in [6.07, 6.45) is 3.37. The van der Waals surface area contributed by atoms with E-state index in [1.807, 2.05) is 13.0 Å². The van der Waals surface area contributed by atoms with E-state index in [0.29, 0.717) is 0 Å². The molecule has 2 rings (SSSR count). The third-order valence-electron chi connectivity index (χ3n) is 2.38. The van der Waals surface area contributed by atoms with E-state index in [0.717, 1.165) is 22.6 Å². The average molecular weight is 215 g/mol. The zero-order valence-corrected chi connectivity index (χ0v) is 9.23. The van der Waals surface area contributed by atoms with Gasteiger partial charge in [0, 0.05) is 12.6 Å². The number of rotatable bonds is 2.